The molecule has 1 aromatic heterocycles. The lowest BCUT2D eigenvalue weighted by atomic mass is 10.1. The van der Waals surface area contributed by atoms with Gasteiger partial charge in [0.25, 0.3) is 0 Å². The molecule has 0 aliphatic heterocycles. The Balaban J connectivity index is 2.09. The van der Waals surface area contributed by atoms with E-state index >= 15 is 0 Å². The molecule has 2 rings (SSSR count). The van der Waals surface area contributed by atoms with Crippen LogP contribution in [-0.2, 0) is 0 Å². The van der Waals surface area contributed by atoms with Crippen molar-refractivity contribution < 1.29 is 0 Å². The summed E-state index contributed by atoms with van der Waals surface area (Å²) in [7, 11) is 4.13. The number of fused-ring (bicyclic) bond motifs is 1. The minimum atomic E-state index is 0.453. The van der Waals surface area contributed by atoms with E-state index in [-0.39, 0.29) is 0 Å². The summed E-state index contributed by atoms with van der Waals surface area (Å²) < 4.78 is 0. The van der Waals surface area contributed by atoms with Crippen LogP contribution >= 0.6 is 0 Å². The number of hydrogen-bond acceptors (Lipinski definition) is 4. The first-order chi connectivity index (χ1) is 11.9. The molecule has 4 heteroatoms. The van der Waals surface area contributed by atoms with E-state index in [0.717, 1.165) is 24.3 Å². The van der Waals surface area contributed by atoms with Crippen LogP contribution in [0.3, 0.4) is 0 Å². The van der Waals surface area contributed by atoms with Gasteiger partial charge in [0.1, 0.15) is 0 Å². The lowest BCUT2D eigenvalue weighted by Gasteiger charge is -2.21. The van der Waals surface area contributed by atoms with Crippen LogP contribution in [0, 0.1) is 6.92 Å². The molecule has 1 atom stereocenters. The molecule has 0 unspecified atom stereocenters. The van der Waals surface area contributed by atoms with Crippen LogP contribution in [0.2, 0.25) is 0 Å². The zero-order chi connectivity index (χ0) is 18.4. The Morgan fingerprint density at radius 2 is 1.84 bits per heavy atom. The average molecular weight is 343 g/mol. The third kappa shape index (κ3) is 5.33. The fourth-order valence-electron chi connectivity index (χ4n) is 3.25. The normalized spacial score (nSPS) is 12.6. The number of aryl methyl sites for hydroxylation is 1. The van der Waals surface area contributed by atoms with Crippen molar-refractivity contribution in [2.45, 2.75) is 46.6 Å². The van der Waals surface area contributed by atoms with Gasteiger partial charge in [0, 0.05) is 42.6 Å². The van der Waals surface area contributed by atoms with Crippen molar-refractivity contribution >= 4 is 22.3 Å². The quantitative estimate of drug-likeness (QED) is 0.725. The van der Waals surface area contributed by atoms with Gasteiger partial charge in [-0.2, -0.15) is 0 Å². The molecule has 0 saturated carbocycles. The molecule has 0 bridgehead atoms. The van der Waals surface area contributed by atoms with Crippen molar-refractivity contribution in [3.05, 3.63) is 30.0 Å². The van der Waals surface area contributed by atoms with E-state index in [0.29, 0.717) is 6.04 Å². The fourth-order valence-corrected chi connectivity index (χ4v) is 3.25. The van der Waals surface area contributed by atoms with Crippen LogP contribution in [0.1, 0.15) is 39.3 Å². The number of anilines is 2. The second kappa shape index (κ2) is 9.04. The third-order valence-electron chi connectivity index (χ3n) is 4.85. The number of rotatable bonds is 9. The minimum Gasteiger partial charge on any atom is -0.382 e. The number of nitrogens with one attached hydrogen (secondary N) is 1. The van der Waals surface area contributed by atoms with Crippen LogP contribution in [0.5, 0.6) is 0 Å². The van der Waals surface area contributed by atoms with E-state index in [4.69, 9.17) is 4.98 Å². The highest BCUT2D eigenvalue weighted by molar-refractivity contribution is 5.93. The Hall–Kier alpha value is -1.81. The molecule has 0 radical (unpaired) electrons. The summed E-state index contributed by atoms with van der Waals surface area (Å²) in [5.41, 5.74) is 4.50. The molecule has 0 spiro atoms. The Kier molecular flexibility index (Phi) is 7.06. The zero-order valence-electron chi connectivity index (χ0n) is 16.8. The second-order valence-electron chi connectivity index (χ2n) is 7.12. The lowest BCUT2D eigenvalue weighted by molar-refractivity contribution is 0.295. The Labute approximate surface area is 153 Å². The van der Waals surface area contributed by atoms with Gasteiger partial charge in [0.2, 0.25) is 0 Å². The number of benzene rings is 1. The predicted octanol–water partition coefficient (Wildman–Crippen LogP) is 4.53. The largest absolute Gasteiger partial charge is 0.382 e. The van der Waals surface area contributed by atoms with E-state index in [2.05, 4.69) is 81.2 Å². The van der Waals surface area contributed by atoms with Crippen LogP contribution in [0.25, 0.3) is 10.9 Å². The third-order valence-corrected chi connectivity index (χ3v) is 4.85. The van der Waals surface area contributed by atoms with Crippen LogP contribution < -0.4 is 10.2 Å². The van der Waals surface area contributed by atoms with Crippen molar-refractivity contribution in [3.63, 3.8) is 0 Å². The molecule has 2 aromatic rings. The smallest absolute Gasteiger partial charge is 0.0746 e. The second-order valence-corrected chi connectivity index (χ2v) is 7.12. The van der Waals surface area contributed by atoms with Gasteiger partial charge >= 0.3 is 0 Å². The molecule has 0 saturated heterocycles. The molecule has 1 heterocycles. The lowest BCUT2D eigenvalue weighted by Crippen LogP contribution is -2.25. The maximum atomic E-state index is 4.72. The maximum absolute atomic E-state index is 4.72. The highest BCUT2D eigenvalue weighted by Crippen LogP contribution is 2.27. The molecule has 25 heavy (non-hydrogen) atoms. The molecule has 138 valence electrons. The first kappa shape index (κ1) is 19.5. The first-order valence-corrected chi connectivity index (χ1v) is 9.52. The number of aromatic nitrogens is 1. The van der Waals surface area contributed by atoms with Crippen LogP contribution in [0.15, 0.2) is 24.3 Å². The van der Waals surface area contributed by atoms with Gasteiger partial charge in [-0.3, -0.25) is 4.98 Å². The average Bonchev–Trinajstić information content (AvgIpc) is 2.58. The SMILES string of the molecule is CCN(CC)CCC[C@H](C)Nc1cc(C)nc2cc(N(C)C)ccc12. The molecular weight excluding hydrogens is 308 g/mol. The van der Waals surface area contributed by atoms with Crippen LogP contribution in [-0.4, -0.2) is 49.7 Å². The van der Waals surface area contributed by atoms with Crippen molar-refractivity contribution in [3.8, 4) is 0 Å². The summed E-state index contributed by atoms with van der Waals surface area (Å²) in [5.74, 6) is 0. The van der Waals surface area contributed by atoms with Gasteiger partial charge in [-0.25, -0.2) is 0 Å². The molecule has 0 aliphatic carbocycles. The molecule has 0 fully saturated rings. The van der Waals surface area contributed by atoms with Crippen LogP contribution in [0.4, 0.5) is 11.4 Å². The van der Waals surface area contributed by atoms with Gasteiger partial charge in [-0.05, 0) is 70.6 Å². The minimum absolute atomic E-state index is 0.453. The zero-order valence-corrected chi connectivity index (χ0v) is 16.8. The predicted molar refractivity (Wildman–Crippen MR) is 111 cm³/mol. The van der Waals surface area contributed by atoms with Crippen molar-refractivity contribution in [2.75, 3.05) is 43.9 Å². The Morgan fingerprint density at radius 1 is 1.12 bits per heavy atom. The van der Waals surface area contributed by atoms with Crippen molar-refractivity contribution in [1.82, 2.24) is 9.88 Å². The molecule has 1 aromatic carbocycles. The highest BCUT2D eigenvalue weighted by Gasteiger charge is 2.09. The Bertz CT molecular complexity index is 677. The summed E-state index contributed by atoms with van der Waals surface area (Å²) in [6.07, 6.45) is 2.40. The summed E-state index contributed by atoms with van der Waals surface area (Å²) >= 11 is 0. The Morgan fingerprint density at radius 3 is 2.48 bits per heavy atom. The summed E-state index contributed by atoms with van der Waals surface area (Å²) in [5, 5.41) is 4.91. The number of nitrogens with zero attached hydrogens (tertiary/aromatic N) is 3. The topological polar surface area (TPSA) is 31.4 Å². The fraction of sp³-hybridized carbons (Fsp3) is 0.571. The standard InChI is InChI=1S/C21H34N4/c1-7-25(8-2)13-9-10-16(3)22-20-14-17(4)23-21-15-18(24(5)6)11-12-19(20)21/h11-12,14-16H,7-10,13H2,1-6H3,(H,22,23)/t16-/m0/s1. The highest BCUT2D eigenvalue weighted by atomic mass is 15.1. The number of hydrogen-bond donors (Lipinski definition) is 1. The van der Waals surface area contributed by atoms with Gasteiger partial charge < -0.3 is 15.1 Å². The molecule has 1 N–H and O–H groups in total. The molecular formula is C21H34N4. The van der Waals surface area contributed by atoms with E-state index in [1.807, 2.05) is 0 Å². The summed E-state index contributed by atoms with van der Waals surface area (Å²) in [6, 6.07) is 9.13. The summed E-state index contributed by atoms with van der Waals surface area (Å²) in [6.45, 7) is 12.3. The summed E-state index contributed by atoms with van der Waals surface area (Å²) in [4.78, 5) is 9.33. The van der Waals surface area contributed by atoms with E-state index < -0.39 is 0 Å². The van der Waals surface area contributed by atoms with Gasteiger partial charge in [0.05, 0.1) is 5.52 Å². The van der Waals surface area contributed by atoms with E-state index in [9.17, 15) is 0 Å². The molecule has 0 aliphatic rings. The monoisotopic (exact) mass is 342 g/mol. The van der Waals surface area contributed by atoms with Crippen molar-refractivity contribution in [2.24, 2.45) is 0 Å². The first-order valence-electron chi connectivity index (χ1n) is 9.52. The van der Waals surface area contributed by atoms with Crippen molar-refractivity contribution in [1.29, 1.82) is 0 Å². The van der Waals surface area contributed by atoms with Gasteiger partial charge in [-0.15, -0.1) is 0 Å². The molecule has 4 nitrogen and oxygen atoms in total. The van der Waals surface area contributed by atoms with E-state index in [1.165, 1.54) is 36.1 Å². The van der Waals surface area contributed by atoms with Gasteiger partial charge in [0.15, 0.2) is 0 Å². The van der Waals surface area contributed by atoms with Gasteiger partial charge in [-0.1, -0.05) is 13.8 Å². The van der Waals surface area contributed by atoms with E-state index in [1.54, 1.807) is 0 Å². The molecule has 0 amide bonds. The maximum Gasteiger partial charge on any atom is 0.0746 e. The number of pyridine rings is 1.